The first-order valence-corrected chi connectivity index (χ1v) is 8.25. The maximum Gasteiger partial charge on any atom is 0.324 e. The summed E-state index contributed by atoms with van der Waals surface area (Å²) in [7, 11) is 0. The number of non-ortho nitro benzene ring substituents is 1. The minimum atomic E-state index is -0.392. The van der Waals surface area contributed by atoms with Gasteiger partial charge in [-0.2, -0.15) is 0 Å². The summed E-state index contributed by atoms with van der Waals surface area (Å²) in [6.45, 7) is 6.46. The van der Waals surface area contributed by atoms with Gasteiger partial charge in [0.2, 0.25) is 0 Å². The molecule has 0 saturated carbocycles. The number of hydrogen-bond acceptors (Lipinski definition) is 3. The Hall–Kier alpha value is -2.11. The molecule has 1 aromatic rings. The molecule has 0 aliphatic carbocycles. The third kappa shape index (κ3) is 2.90. The molecule has 6 heteroatoms. The van der Waals surface area contributed by atoms with E-state index in [4.69, 9.17) is 0 Å². The van der Waals surface area contributed by atoms with Crippen molar-refractivity contribution in [1.29, 1.82) is 0 Å². The number of nitro benzene ring substituents is 1. The van der Waals surface area contributed by atoms with Gasteiger partial charge < -0.3 is 4.90 Å². The van der Waals surface area contributed by atoms with E-state index in [0.29, 0.717) is 12.2 Å². The molecule has 0 aromatic heterocycles. The Bertz CT molecular complexity index is 636. The highest BCUT2D eigenvalue weighted by atomic mass is 16.6. The van der Waals surface area contributed by atoms with Gasteiger partial charge in [-0.25, -0.2) is 4.79 Å². The van der Waals surface area contributed by atoms with Crippen LogP contribution in [0.3, 0.4) is 0 Å². The van der Waals surface area contributed by atoms with E-state index < -0.39 is 4.92 Å². The van der Waals surface area contributed by atoms with Gasteiger partial charge in [-0.3, -0.25) is 15.0 Å². The number of urea groups is 1. The zero-order chi connectivity index (χ0) is 16.6. The molecule has 1 aromatic carbocycles. The molecule has 0 spiro atoms. The zero-order valence-corrected chi connectivity index (χ0v) is 13.7. The lowest BCUT2D eigenvalue weighted by Gasteiger charge is -2.30. The number of carbonyl (C=O) groups is 1. The SMILES string of the molecule is CC1(C)CCCN(C(=O)N2CCCC2)c2cc([N+](=O)[O-])ccc21. The average molecular weight is 317 g/mol. The Kier molecular flexibility index (Phi) is 4.00. The lowest BCUT2D eigenvalue weighted by atomic mass is 9.80. The summed E-state index contributed by atoms with van der Waals surface area (Å²) in [5.41, 5.74) is 1.68. The smallest absolute Gasteiger partial charge is 0.324 e. The fraction of sp³-hybridized carbons (Fsp3) is 0.588. The Balaban J connectivity index is 2.06. The molecule has 2 heterocycles. The summed E-state index contributed by atoms with van der Waals surface area (Å²) in [5.74, 6) is 0. The van der Waals surface area contributed by atoms with Crippen LogP contribution in [0.4, 0.5) is 16.2 Å². The largest absolute Gasteiger partial charge is 0.324 e. The highest BCUT2D eigenvalue weighted by molar-refractivity contribution is 5.94. The van der Waals surface area contributed by atoms with Crippen molar-refractivity contribution in [2.45, 2.75) is 44.9 Å². The summed E-state index contributed by atoms with van der Waals surface area (Å²) >= 11 is 0. The number of anilines is 1. The fourth-order valence-corrected chi connectivity index (χ4v) is 3.64. The van der Waals surface area contributed by atoms with Crippen molar-refractivity contribution >= 4 is 17.4 Å². The Morgan fingerprint density at radius 2 is 1.87 bits per heavy atom. The standard InChI is InChI=1S/C17H23N3O3/c1-17(2)8-5-11-19(16(21)18-9-3-4-10-18)15-12-13(20(22)23)6-7-14(15)17/h6-7,12H,3-5,8-11H2,1-2H3. The first kappa shape index (κ1) is 15.8. The molecule has 2 amide bonds. The number of hydrogen-bond donors (Lipinski definition) is 0. The second-order valence-electron chi connectivity index (χ2n) is 7.07. The molecule has 0 unspecified atom stereocenters. The second-order valence-corrected chi connectivity index (χ2v) is 7.07. The van der Waals surface area contributed by atoms with Gasteiger partial charge in [0.05, 0.1) is 10.6 Å². The lowest BCUT2D eigenvalue weighted by molar-refractivity contribution is -0.384. The average Bonchev–Trinajstić information content (AvgIpc) is 3.00. The van der Waals surface area contributed by atoms with Gasteiger partial charge >= 0.3 is 6.03 Å². The number of likely N-dealkylation sites (tertiary alicyclic amines) is 1. The van der Waals surface area contributed by atoms with E-state index in [1.54, 1.807) is 17.0 Å². The van der Waals surface area contributed by atoms with Crippen molar-refractivity contribution in [2.24, 2.45) is 0 Å². The number of nitrogens with zero attached hydrogens (tertiary/aromatic N) is 3. The van der Waals surface area contributed by atoms with Gasteiger partial charge in [-0.15, -0.1) is 0 Å². The van der Waals surface area contributed by atoms with E-state index in [9.17, 15) is 14.9 Å². The van der Waals surface area contributed by atoms with Gasteiger partial charge in [0.1, 0.15) is 0 Å². The molecule has 0 atom stereocenters. The number of carbonyl (C=O) groups excluding carboxylic acids is 1. The Morgan fingerprint density at radius 3 is 2.52 bits per heavy atom. The van der Waals surface area contributed by atoms with Crippen LogP contribution in [0.2, 0.25) is 0 Å². The highest BCUT2D eigenvalue weighted by Gasteiger charge is 2.34. The molecule has 3 rings (SSSR count). The van der Waals surface area contributed by atoms with E-state index in [0.717, 1.165) is 44.3 Å². The summed E-state index contributed by atoms with van der Waals surface area (Å²) in [5, 5.41) is 11.2. The van der Waals surface area contributed by atoms with Crippen LogP contribution < -0.4 is 4.90 Å². The van der Waals surface area contributed by atoms with Crippen LogP contribution in [0.1, 0.15) is 45.1 Å². The van der Waals surface area contributed by atoms with Crippen LogP contribution in [0, 0.1) is 10.1 Å². The summed E-state index contributed by atoms with van der Waals surface area (Å²) in [4.78, 5) is 27.3. The van der Waals surface area contributed by atoms with Gasteiger partial charge in [-0.05, 0) is 42.7 Å². The molecule has 1 fully saturated rings. The van der Waals surface area contributed by atoms with Crippen LogP contribution in [0.25, 0.3) is 0 Å². The van der Waals surface area contributed by atoms with Crippen molar-refractivity contribution in [3.8, 4) is 0 Å². The van der Waals surface area contributed by atoms with E-state index in [1.807, 2.05) is 11.0 Å². The summed E-state index contributed by atoms with van der Waals surface area (Å²) < 4.78 is 0. The number of nitro groups is 1. The predicted octanol–water partition coefficient (Wildman–Crippen LogP) is 3.69. The van der Waals surface area contributed by atoms with E-state index >= 15 is 0 Å². The molecule has 23 heavy (non-hydrogen) atoms. The van der Waals surface area contributed by atoms with Crippen LogP contribution in [0.5, 0.6) is 0 Å². The third-order valence-corrected chi connectivity index (χ3v) is 5.00. The molecular formula is C17H23N3O3. The molecule has 6 nitrogen and oxygen atoms in total. The molecule has 124 valence electrons. The lowest BCUT2D eigenvalue weighted by Crippen LogP contribution is -2.42. The third-order valence-electron chi connectivity index (χ3n) is 5.00. The molecular weight excluding hydrogens is 294 g/mol. The van der Waals surface area contributed by atoms with Crippen LogP contribution in [-0.4, -0.2) is 35.5 Å². The minimum Gasteiger partial charge on any atom is -0.324 e. The van der Waals surface area contributed by atoms with E-state index in [2.05, 4.69) is 13.8 Å². The number of benzene rings is 1. The fourth-order valence-electron chi connectivity index (χ4n) is 3.64. The molecule has 2 aliphatic rings. The van der Waals surface area contributed by atoms with Gasteiger partial charge in [0.15, 0.2) is 0 Å². The van der Waals surface area contributed by atoms with Gasteiger partial charge in [0, 0.05) is 31.8 Å². The second kappa shape index (κ2) is 5.83. The molecule has 1 saturated heterocycles. The Morgan fingerprint density at radius 1 is 1.17 bits per heavy atom. The quantitative estimate of drug-likeness (QED) is 0.586. The first-order chi connectivity index (χ1) is 10.9. The normalized spacial score (nSPS) is 20.1. The summed E-state index contributed by atoms with van der Waals surface area (Å²) in [6.07, 6.45) is 3.93. The van der Waals surface area contributed by atoms with Crippen LogP contribution in [0.15, 0.2) is 18.2 Å². The van der Waals surface area contributed by atoms with Crippen molar-refractivity contribution in [3.63, 3.8) is 0 Å². The van der Waals surface area contributed by atoms with Crippen molar-refractivity contribution in [1.82, 2.24) is 4.90 Å². The monoisotopic (exact) mass is 317 g/mol. The van der Waals surface area contributed by atoms with Crippen LogP contribution in [-0.2, 0) is 5.41 Å². The van der Waals surface area contributed by atoms with Crippen molar-refractivity contribution < 1.29 is 9.72 Å². The first-order valence-electron chi connectivity index (χ1n) is 8.25. The molecule has 0 bridgehead atoms. The summed E-state index contributed by atoms with van der Waals surface area (Å²) in [6, 6.07) is 4.92. The molecule has 2 aliphatic heterocycles. The van der Waals surface area contributed by atoms with E-state index in [-0.39, 0.29) is 17.1 Å². The Labute approximate surface area is 136 Å². The number of rotatable bonds is 1. The van der Waals surface area contributed by atoms with Gasteiger partial charge in [0.25, 0.3) is 5.69 Å². The highest BCUT2D eigenvalue weighted by Crippen LogP contribution is 2.41. The minimum absolute atomic E-state index is 0.0121. The van der Waals surface area contributed by atoms with Crippen molar-refractivity contribution in [3.05, 3.63) is 33.9 Å². The number of fused-ring (bicyclic) bond motifs is 1. The van der Waals surface area contributed by atoms with E-state index in [1.165, 1.54) is 0 Å². The zero-order valence-electron chi connectivity index (χ0n) is 13.7. The maximum absolute atomic E-state index is 12.9. The van der Waals surface area contributed by atoms with Gasteiger partial charge in [-0.1, -0.05) is 13.8 Å². The van der Waals surface area contributed by atoms with Crippen LogP contribution >= 0.6 is 0 Å². The molecule has 0 N–H and O–H groups in total. The maximum atomic E-state index is 12.9. The number of amides is 2. The topological polar surface area (TPSA) is 66.7 Å². The molecule has 0 radical (unpaired) electrons. The predicted molar refractivity (Wildman–Crippen MR) is 88.9 cm³/mol. The van der Waals surface area contributed by atoms with Crippen molar-refractivity contribution in [2.75, 3.05) is 24.5 Å².